The minimum atomic E-state index is -0.165. The van der Waals surface area contributed by atoms with Gasteiger partial charge in [0.05, 0.1) is 17.8 Å². The van der Waals surface area contributed by atoms with Crippen LogP contribution in [0.4, 0.5) is 5.69 Å². The predicted molar refractivity (Wildman–Crippen MR) is 124 cm³/mol. The molecule has 1 amide bonds. The van der Waals surface area contributed by atoms with Gasteiger partial charge in [-0.25, -0.2) is 4.98 Å². The summed E-state index contributed by atoms with van der Waals surface area (Å²) in [5, 5.41) is 3.83. The first-order chi connectivity index (χ1) is 14.3. The summed E-state index contributed by atoms with van der Waals surface area (Å²) < 4.78 is 1.99. The van der Waals surface area contributed by atoms with Crippen molar-refractivity contribution in [3.05, 3.63) is 87.2 Å². The molecule has 0 saturated heterocycles. The molecule has 6 heteroatoms. The number of aromatic nitrogens is 2. The van der Waals surface area contributed by atoms with Gasteiger partial charge < -0.3 is 9.72 Å². The van der Waals surface area contributed by atoms with E-state index in [1.165, 1.54) is 11.1 Å². The maximum Gasteiger partial charge on any atom is 0.230 e. The van der Waals surface area contributed by atoms with Crippen molar-refractivity contribution in [2.45, 2.75) is 27.2 Å². The summed E-state index contributed by atoms with van der Waals surface area (Å²) in [6.07, 6.45) is 2.11. The number of carbonyl (C=O) groups excluding carboxylic acids is 1. The minimum absolute atomic E-state index is 0.164. The second-order valence-corrected chi connectivity index (χ2v) is 8.35. The van der Waals surface area contributed by atoms with E-state index in [2.05, 4.69) is 37.4 Å². The molecule has 0 aliphatic carbocycles. The smallest absolute Gasteiger partial charge is 0.230 e. The minimum Gasteiger partial charge on any atom is -0.326 e. The monoisotopic (exact) mass is 437 g/mol. The topological polar surface area (TPSA) is 46.4 Å². The largest absolute Gasteiger partial charge is 0.326 e. The predicted octanol–water partition coefficient (Wildman–Crippen LogP) is 6.41. The van der Waals surface area contributed by atoms with Crippen LogP contribution >= 0.6 is 23.2 Å². The van der Waals surface area contributed by atoms with Crippen molar-refractivity contribution < 1.29 is 4.79 Å². The van der Waals surface area contributed by atoms with Crippen LogP contribution in [0.25, 0.3) is 16.9 Å². The molecule has 0 radical (unpaired) electrons. The van der Waals surface area contributed by atoms with Crippen LogP contribution in [0.1, 0.15) is 22.4 Å². The van der Waals surface area contributed by atoms with Crippen molar-refractivity contribution in [1.29, 1.82) is 0 Å². The number of amides is 1. The summed E-state index contributed by atoms with van der Waals surface area (Å²) in [6.45, 7) is 6.18. The van der Waals surface area contributed by atoms with Crippen LogP contribution in [0.15, 0.2) is 54.7 Å². The lowest BCUT2D eigenvalue weighted by Crippen LogP contribution is -2.16. The average Bonchev–Trinajstić information content (AvgIpc) is 3.03. The first kappa shape index (κ1) is 20.5. The molecule has 0 saturated carbocycles. The molecule has 4 aromatic rings. The average molecular weight is 438 g/mol. The molecule has 4 nitrogen and oxygen atoms in total. The van der Waals surface area contributed by atoms with Crippen LogP contribution in [0, 0.1) is 20.8 Å². The van der Waals surface area contributed by atoms with Crippen molar-refractivity contribution in [2.75, 3.05) is 5.32 Å². The highest BCUT2D eigenvalue weighted by Crippen LogP contribution is 2.28. The number of fused-ring (bicyclic) bond motifs is 1. The van der Waals surface area contributed by atoms with Gasteiger partial charge in [-0.3, -0.25) is 4.79 Å². The molecule has 0 spiro atoms. The van der Waals surface area contributed by atoms with Gasteiger partial charge in [0.1, 0.15) is 5.65 Å². The number of nitrogens with zero attached hydrogens (tertiary/aromatic N) is 2. The number of rotatable bonds is 4. The number of imidazole rings is 1. The lowest BCUT2D eigenvalue weighted by molar-refractivity contribution is -0.115. The Bertz CT molecular complexity index is 1260. The fraction of sp³-hybridized carbons (Fsp3) is 0.167. The third kappa shape index (κ3) is 4.07. The van der Waals surface area contributed by atoms with E-state index >= 15 is 0 Å². The van der Waals surface area contributed by atoms with E-state index < -0.39 is 0 Å². The van der Waals surface area contributed by atoms with Crippen molar-refractivity contribution in [3.8, 4) is 11.3 Å². The molecule has 0 aliphatic rings. The Morgan fingerprint density at radius 3 is 2.40 bits per heavy atom. The van der Waals surface area contributed by atoms with Crippen LogP contribution in [0.5, 0.6) is 0 Å². The zero-order chi connectivity index (χ0) is 21.4. The number of aryl methyl sites for hydroxylation is 3. The van der Waals surface area contributed by atoms with E-state index in [0.717, 1.165) is 28.2 Å². The number of carbonyl (C=O) groups is 1. The summed E-state index contributed by atoms with van der Waals surface area (Å²) in [7, 11) is 0. The molecule has 152 valence electrons. The zero-order valence-corrected chi connectivity index (χ0v) is 18.5. The quantitative estimate of drug-likeness (QED) is 0.400. The molecule has 4 rings (SSSR count). The van der Waals surface area contributed by atoms with Crippen LogP contribution < -0.4 is 5.32 Å². The Morgan fingerprint density at radius 2 is 1.70 bits per heavy atom. The molecule has 0 bridgehead atoms. The van der Waals surface area contributed by atoms with Gasteiger partial charge >= 0.3 is 0 Å². The van der Waals surface area contributed by atoms with E-state index in [4.69, 9.17) is 28.2 Å². The summed E-state index contributed by atoms with van der Waals surface area (Å²) in [5.41, 5.74) is 7.51. The maximum atomic E-state index is 12.9. The van der Waals surface area contributed by atoms with Crippen molar-refractivity contribution in [2.24, 2.45) is 0 Å². The van der Waals surface area contributed by atoms with E-state index in [1.54, 1.807) is 18.2 Å². The van der Waals surface area contributed by atoms with Gasteiger partial charge in [0, 0.05) is 27.5 Å². The molecule has 2 aromatic carbocycles. The van der Waals surface area contributed by atoms with Gasteiger partial charge in [0.2, 0.25) is 5.91 Å². The van der Waals surface area contributed by atoms with Gasteiger partial charge in [0.25, 0.3) is 0 Å². The molecule has 2 aromatic heterocycles. The van der Waals surface area contributed by atoms with Gasteiger partial charge in [-0.05, 0) is 67.8 Å². The third-order valence-electron chi connectivity index (χ3n) is 5.20. The standard InChI is InChI=1S/C24H21Cl2N3O/c1-14-6-7-17(9-16(14)3)23-21(29-8-4-5-15(2)24(29)28-23)13-22(30)27-20-11-18(25)10-19(26)12-20/h4-12H,13H2,1-3H3,(H,27,30). The molecule has 0 atom stereocenters. The summed E-state index contributed by atoms with van der Waals surface area (Å²) >= 11 is 12.1. The highest BCUT2D eigenvalue weighted by atomic mass is 35.5. The molecular formula is C24H21Cl2N3O. The maximum absolute atomic E-state index is 12.9. The first-order valence-electron chi connectivity index (χ1n) is 9.62. The third-order valence-corrected chi connectivity index (χ3v) is 5.64. The highest BCUT2D eigenvalue weighted by Gasteiger charge is 2.18. The highest BCUT2D eigenvalue weighted by molar-refractivity contribution is 6.35. The lowest BCUT2D eigenvalue weighted by atomic mass is 10.0. The summed E-state index contributed by atoms with van der Waals surface area (Å²) in [6, 6.07) is 15.2. The van der Waals surface area contributed by atoms with Gasteiger partial charge in [-0.2, -0.15) is 0 Å². The number of benzene rings is 2. The summed E-state index contributed by atoms with van der Waals surface area (Å²) in [4.78, 5) is 17.8. The number of hydrogen-bond donors (Lipinski definition) is 1. The molecule has 30 heavy (non-hydrogen) atoms. The molecular weight excluding hydrogens is 417 g/mol. The Morgan fingerprint density at radius 1 is 0.967 bits per heavy atom. The van der Waals surface area contributed by atoms with Crippen LogP contribution in [-0.2, 0) is 11.2 Å². The van der Waals surface area contributed by atoms with E-state index in [0.29, 0.717) is 15.7 Å². The second kappa shape index (κ2) is 8.13. The first-order valence-corrected chi connectivity index (χ1v) is 10.4. The van der Waals surface area contributed by atoms with E-state index in [1.807, 2.05) is 29.7 Å². The molecule has 0 unspecified atom stereocenters. The Balaban J connectivity index is 1.75. The molecule has 2 heterocycles. The lowest BCUT2D eigenvalue weighted by Gasteiger charge is -2.09. The van der Waals surface area contributed by atoms with Crippen LogP contribution in [0.2, 0.25) is 10.0 Å². The van der Waals surface area contributed by atoms with Gasteiger partial charge in [0.15, 0.2) is 0 Å². The fourth-order valence-corrected chi connectivity index (χ4v) is 4.05. The Hall–Kier alpha value is -2.82. The number of hydrogen-bond acceptors (Lipinski definition) is 2. The molecule has 1 N–H and O–H groups in total. The van der Waals surface area contributed by atoms with E-state index in [-0.39, 0.29) is 12.3 Å². The SMILES string of the molecule is Cc1ccc(-c2nc3c(C)cccn3c2CC(=O)Nc2cc(Cl)cc(Cl)c2)cc1C. The van der Waals surface area contributed by atoms with Gasteiger partial charge in [-0.15, -0.1) is 0 Å². The molecule has 0 fully saturated rings. The number of nitrogens with one attached hydrogen (secondary N) is 1. The van der Waals surface area contributed by atoms with Crippen molar-refractivity contribution in [3.63, 3.8) is 0 Å². The van der Waals surface area contributed by atoms with Gasteiger partial charge in [-0.1, -0.05) is 41.4 Å². The van der Waals surface area contributed by atoms with E-state index in [9.17, 15) is 4.79 Å². The zero-order valence-electron chi connectivity index (χ0n) is 17.0. The van der Waals surface area contributed by atoms with Crippen molar-refractivity contribution in [1.82, 2.24) is 9.38 Å². The Kier molecular flexibility index (Phi) is 5.54. The molecule has 0 aliphatic heterocycles. The normalized spacial score (nSPS) is 11.1. The van der Waals surface area contributed by atoms with Crippen LogP contribution in [0.3, 0.4) is 0 Å². The number of anilines is 1. The van der Waals surface area contributed by atoms with Crippen LogP contribution in [-0.4, -0.2) is 15.3 Å². The summed E-state index contributed by atoms with van der Waals surface area (Å²) in [5.74, 6) is -0.165. The number of halogens is 2. The Labute approximate surface area is 185 Å². The van der Waals surface area contributed by atoms with Crippen molar-refractivity contribution >= 4 is 40.4 Å². The fourth-order valence-electron chi connectivity index (χ4n) is 3.52. The second-order valence-electron chi connectivity index (χ2n) is 7.47. The number of pyridine rings is 1.